The monoisotopic (exact) mass is 560 g/mol. The van der Waals surface area contributed by atoms with Gasteiger partial charge >= 0.3 is 0 Å². The van der Waals surface area contributed by atoms with E-state index in [4.69, 9.17) is 19.2 Å². The zero-order valence-electron chi connectivity index (χ0n) is 18.4. The number of hydrogen-bond donors (Lipinski definition) is 2. The number of thiophene rings is 1. The zero-order chi connectivity index (χ0) is 21.2. The highest BCUT2D eigenvalue weighted by Crippen LogP contribution is 2.30. The molecule has 9 heteroatoms. The highest BCUT2D eigenvalue weighted by molar-refractivity contribution is 14.0. The first-order valence-corrected chi connectivity index (χ1v) is 11.3. The molecule has 1 atom stereocenters. The van der Waals surface area contributed by atoms with Crippen molar-refractivity contribution < 1.29 is 14.2 Å². The summed E-state index contributed by atoms with van der Waals surface area (Å²) in [6.45, 7) is 9.46. The van der Waals surface area contributed by atoms with Crippen LogP contribution in [-0.2, 0) is 4.74 Å². The molecular weight excluding hydrogens is 527 g/mol. The van der Waals surface area contributed by atoms with Gasteiger partial charge in [-0.1, -0.05) is 6.07 Å². The Morgan fingerprint density at radius 2 is 2.03 bits per heavy atom. The van der Waals surface area contributed by atoms with Crippen LogP contribution in [0.15, 0.2) is 40.7 Å². The van der Waals surface area contributed by atoms with Gasteiger partial charge in [0.25, 0.3) is 0 Å². The summed E-state index contributed by atoms with van der Waals surface area (Å²) in [5.74, 6) is 2.18. The predicted molar refractivity (Wildman–Crippen MR) is 139 cm³/mol. The summed E-state index contributed by atoms with van der Waals surface area (Å²) in [6, 6.07) is 10.4. The Morgan fingerprint density at radius 1 is 1.23 bits per heavy atom. The number of aliphatic imine (C=N–C) groups is 1. The van der Waals surface area contributed by atoms with Gasteiger partial charge in [0, 0.05) is 36.3 Å². The Balaban J connectivity index is 0.00000341. The number of halogens is 1. The van der Waals surface area contributed by atoms with Crippen molar-refractivity contribution in [3.05, 3.63) is 40.6 Å². The fraction of sp³-hybridized carbons (Fsp3) is 0.500. The van der Waals surface area contributed by atoms with E-state index in [9.17, 15) is 0 Å². The summed E-state index contributed by atoms with van der Waals surface area (Å²) in [5, 5.41) is 8.87. The maximum absolute atomic E-state index is 5.69. The molecule has 0 aliphatic carbocycles. The molecule has 1 unspecified atom stereocenters. The molecule has 0 bridgehead atoms. The second kappa shape index (κ2) is 13.8. The number of nitrogens with one attached hydrogen (secondary N) is 2. The second-order valence-electron chi connectivity index (χ2n) is 6.82. The van der Waals surface area contributed by atoms with E-state index in [0.717, 1.165) is 50.2 Å². The van der Waals surface area contributed by atoms with Gasteiger partial charge in [-0.15, -0.1) is 35.3 Å². The first kappa shape index (κ1) is 25.7. The molecule has 3 rings (SSSR count). The van der Waals surface area contributed by atoms with Crippen LogP contribution in [0, 0.1) is 0 Å². The summed E-state index contributed by atoms with van der Waals surface area (Å²) < 4.78 is 16.6. The molecule has 1 saturated heterocycles. The Morgan fingerprint density at radius 3 is 2.68 bits per heavy atom. The highest BCUT2D eigenvalue weighted by Gasteiger charge is 2.23. The highest BCUT2D eigenvalue weighted by atomic mass is 127. The van der Waals surface area contributed by atoms with Crippen molar-refractivity contribution >= 4 is 47.0 Å². The first-order chi connectivity index (χ1) is 14.7. The second-order valence-corrected chi connectivity index (χ2v) is 7.80. The van der Waals surface area contributed by atoms with Crippen LogP contribution in [0.25, 0.3) is 0 Å². The van der Waals surface area contributed by atoms with Crippen molar-refractivity contribution in [1.82, 2.24) is 10.2 Å². The number of anilines is 1. The number of ether oxygens (including phenoxy) is 3. The van der Waals surface area contributed by atoms with Crippen molar-refractivity contribution in [2.45, 2.75) is 19.9 Å². The predicted octanol–water partition coefficient (Wildman–Crippen LogP) is 4.22. The van der Waals surface area contributed by atoms with Crippen LogP contribution in [-0.4, -0.2) is 64.0 Å². The molecule has 1 fully saturated rings. The van der Waals surface area contributed by atoms with Crippen molar-refractivity contribution in [2.75, 3.05) is 58.4 Å². The van der Waals surface area contributed by atoms with Gasteiger partial charge in [0.05, 0.1) is 39.5 Å². The van der Waals surface area contributed by atoms with Gasteiger partial charge in [0.1, 0.15) is 0 Å². The van der Waals surface area contributed by atoms with E-state index in [-0.39, 0.29) is 30.0 Å². The van der Waals surface area contributed by atoms with Crippen LogP contribution in [0.5, 0.6) is 11.5 Å². The molecule has 1 aromatic carbocycles. The van der Waals surface area contributed by atoms with Crippen LogP contribution < -0.4 is 20.1 Å². The van der Waals surface area contributed by atoms with E-state index in [2.05, 4.69) is 40.0 Å². The van der Waals surface area contributed by atoms with Crippen LogP contribution in [0.2, 0.25) is 0 Å². The number of hydrogen-bond acceptors (Lipinski definition) is 6. The molecule has 7 nitrogen and oxygen atoms in total. The van der Waals surface area contributed by atoms with Crippen molar-refractivity contribution in [3.63, 3.8) is 0 Å². The molecule has 0 amide bonds. The number of guanidine groups is 1. The number of morpholine rings is 1. The van der Waals surface area contributed by atoms with Gasteiger partial charge in [-0.05, 0) is 37.4 Å². The molecule has 2 N–H and O–H groups in total. The molecule has 1 aliphatic rings. The van der Waals surface area contributed by atoms with Crippen molar-refractivity contribution in [1.29, 1.82) is 0 Å². The van der Waals surface area contributed by atoms with Gasteiger partial charge < -0.3 is 24.8 Å². The molecule has 2 heterocycles. The molecule has 2 aromatic rings. The minimum Gasteiger partial charge on any atom is -0.493 e. The molecule has 31 heavy (non-hydrogen) atoms. The van der Waals surface area contributed by atoms with E-state index in [1.54, 1.807) is 18.4 Å². The summed E-state index contributed by atoms with van der Waals surface area (Å²) in [4.78, 5) is 8.70. The molecule has 0 radical (unpaired) electrons. The number of rotatable bonds is 9. The van der Waals surface area contributed by atoms with Gasteiger partial charge in [0.2, 0.25) is 0 Å². The van der Waals surface area contributed by atoms with Crippen LogP contribution >= 0.6 is 35.3 Å². The summed E-state index contributed by atoms with van der Waals surface area (Å²) in [5.41, 5.74) is 0.901. The third kappa shape index (κ3) is 7.51. The van der Waals surface area contributed by atoms with Gasteiger partial charge in [-0.25, -0.2) is 0 Å². The van der Waals surface area contributed by atoms with E-state index in [0.29, 0.717) is 18.9 Å². The standard InChI is InChI=1S/C22H32N4O3S.HI/c1-4-23-22(25-17-8-9-19(27-3)20(15-17)29-5-2)24-16-18(21-7-6-14-30-21)26-10-12-28-13-11-26;/h6-9,14-15,18H,4-5,10-13,16H2,1-3H3,(H2,23,24,25);1H. The molecular formula is C22H33IN4O3S. The summed E-state index contributed by atoms with van der Waals surface area (Å²) >= 11 is 1.78. The van der Waals surface area contributed by atoms with Crippen LogP contribution in [0.3, 0.4) is 0 Å². The molecule has 1 aromatic heterocycles. The lowest BCUT2D eigenvalue weighted by atomic mass is 10.2. The first-order valence-electron chi connectivity index (χ1n) is 10.5. The third-order valence-electron chi connectivity index (χ3n) is 4.85. The van der Waals surface area contributed by atoms with E-state index in [1.807, 2.05) is 25.1 Å². The lowest BCUT2D eigenvalue weighted by molar-refractivity contribution is 0.0187. The summed E-state index contributed by atoms with van der Waals surface area (Å²) in [6.07, 6.45) is 0. The van der Waals surface area contributed by atoms with Gasteiger partial charge in [-0.3, -0.25) is 9.89 Å². The van der Waals surface area contributed by atoms with E-state index < -0.39 is 0 Å². The Kier molecular flexibility index (Phi) is 11.4. The zero-order valence-corrected chi connectivity index (χ0v) is 21.6. The fourth-order valence-electron chi connectivity index (χ4n) is 3.40. The van der Waals surface area contributed by atoms with Crippen LogP contribution in [0.4, 0.5) is 5.69 Å². The van der Waals surface area contributed by atoms with E-state index in [1.165, 1.54) is 4.88 Å². The Bertz CT molecular complexity index is 798. The lowest BCUT2D eigenvalue weighted by Gasteiger charge is -2.33. The maximum atomic E-state index is 5.69. The molecule has 0 saturated carbocycles. The van der Waals surface area contributed by atoms with Gasteiger partial charge in [-0.2, -0.15) is 0 Å². The quantitative estimate of drug-likeness (QED) is 0.272. The van der Waals surface area contributed by atoms with E-state index >= 15 is 0 Å². The Hall–Kier alpha value is -1.56. The SMILES string of the molecule is CCNC(=NCC(c1cccs1)N1CCOCC1)Nc1ccc(OC)c(OCC)c1.I. The minimum absolute atomic E-state index is 0. The molecule has 1 aliphatic heterocycles. The normalized spacial score (nSPS) is 15.6. The number of methoxy groups -OCH3 is 1. The topological polar surface area (TPSA) is 67.4 Å². The number of nitrogens with zero attached hydrogens (tertiary/aromatic N) is 2. The minimum atomic E-state index is 0. The van der Waals surface area contributed by atoms with Crippen molar-refractivity contribution in [3.8, 4) is 11.5 Å². The van der Waals surface area contributed by atoms with Crippen LogP contribution in [0.1, 0.15) is 24.8 Å². The largest absolute Gasteiger partial charge is 0.493 e. The Labute approximate surface area is 206 Å². The molecule has 172 valence electrons. The van der Waals surface area contributed by atoms with Gasteiger partial charge in [0.15, 0.2) is 17.5 Å². The molecule has 0 spiro atoms. The maximum Gasteiger partial charge on any atom is 0.195 e. The smallest absolute Gasteiger partial charge is 0.195 e. The third-order valence-corrected chi connectivity index (χ3v) is 5.82. The average molecular weight is 561 g/mol. The summed E-state index contributed by atoms with van der Waals surface area (Å²) in [7, 11) is 1.65. The fourth-order valence-corrected chi connectivity index (χ4v) is 4.25. The average Bonchev–Trinajstić information content (AvgIpc) is 3.30. The lowest BCUT2D eigenvalue weighted by Crippen LogP contribution is -2.40. The number of benzene rings is 1. The van der Waals surface area contributed by atoms with Crippen molar-refractivity contribution in [2.24, 2.45) is 4.99 Å².